The topological polar surface area (TPSA) is 8.82 Å². The van der Waals surface area contributed by atoms with Crippen LogP contribution in [0.4, 0.5) is 0 Å². The minimum Gasteiger partial charge on any atom is -0.307 e. The van der Waals surface area contributed by atoms with E-state index in [1.807, 2.05) is 0 Å². The third-order valence-electron chi connectivity index (χ3n) is 8.20. The normalized spacial score (nSPS) is 14.5. The molecule has 160 valence electrons. The lowest BCUT2D eigenvalue weighted by Gasteiger charge is -2.34. The van der Waals surface area contributed by atoms with Crippen LogP contribution in [0.2, 0.25) is 0 Å². The van der Waals surface area contributed by atoms with Gasteiger partial charge in [-0.3, -0.25) is 0 Å². The van der Waals surface area contributed by atoms with Crippen molar-refractivity contribution in [1.29, 1.82) is 0 Å². The molecule has 0 N–H and O–H groups in total. The predicted molar refractivity (Wildman–Crippen MR) is 144 cm³/mol. The van der Waals surface area contributed by atoms with Gasteiger partial charge in [-0.2, -0.15) is 0 Å². The lowest BCUT2D eigenvalue weighted by Crippen LogP contribution is -2.29. The van der Waals surface area contributed by atoms with Crippen LogP contribution in [0, 0.1) is 13.8 Å². The van der Waals surface area contributed by atoms with Crippen molar-refractivity contribution in [1.82, 2.24) is 8.80 Å². The van der Waals surface area contributed by atoms with Gasteiger partial charge in [0.2, 0.25) is 0 Å². The van der Waals surface area contributed by atoms with Gasteiger partial charge in [0.25, 0.3) is 0 Å². The minimum atomic E-state index is -0.365. The standard InChI is InChI=1S/C31H23BN2/c1-18-3-7-20(8-4-18)31(21-9-5-19(2)6-10-21)23-13-11-22-12-15-27-28-17-25(32)26-16-14-24(31)30(34(26)28)29(23)33(22)27/h3-17H,32H2,1-2H3. The first-order chi connectivity index (χ1) is 16.6. The fourth-order valence-corrected chi connectivity index (χ4v) is 6.66. The largest absolute Gasteiger partial charge is 0.307 e. The molecule has 2 aromatic carbocycles. The molecule has 1 aliphatic rings. The molecule has 2 nitrogen and oxygen atoms in total. The fourth-order valence-electron chi connectivity index (χ4n) is 6.66. The summed E-state index contributed by atoms with van der Waals surface area (Å²) in [6.45, 7) is 4.34. The van der Waals surface area contributed by atoms with Gasteiger partial charge in [0.15, 0.2) is 0 Å². The van der Waals surface area contributed by atoms with E-state index in [2.05, 4.69) is 121 Å². The van der Waals surface area contributed by atoms with E-state index in [0.29, 0.717) is 0 Å². The molecule has 3 heteroatoms. The molecule has 0 spiro atoms. The number of hydrogen-bond donors (Lipinski definition) is 0. The molecule has 1 aliphatic carbocycles. The van der Waals surface area contributed by atoms with Crippen LogP contribution in [0.5, 0.6) is 0 Å². The second-order valence-corrected chi connectivity index (χ2v) is 10.1. The Labute approximate surface area is 198 Å². The van der Waals surface area contributed by atoms with Crippen molar-refractivity contribution < 1.29 is 0 Å². The molecule has 0 radical (unpaired) electrons. The van der Waals surface area contributed by atoms with Gasteiger partial charge in [0.05, 0.1) is 27.5 Å². The summed E-state index contributed by atoms with van der Waals surface area (Å²) < 4.78 is 5.01. The third kappa shape index (κ3) is 1.93. The highest BCUT2D eigenvalue weighted by Crippen LogP contribution is 2.54. The lowest BCUT2D eigenvalue weighted by atomic mass is 9.67. The van der Waals surface area contributed by atoms with E-state index >= 15 is 0 Å². The van der Waals surface area contributed by atoms with Gasteiger partial charge >= 0.3 is 0 Å². The first-order valence-electron chi connectivity index (χ1n) is 12.0. The molecular formula is C31H23BN2. The molecule has 7 aromatic rings. The molecule has 5 aromatic heterocycles. The smallest absolute Gasteiger partial charge is 0.142 e. The molecule has 0 atom stereocenters. The zero-order chi connectivity index (χ0) is 22.8. The van der Waals surface area contributed by atoms with Crippen molar-refractivity contribution in [3.05, 3.63) is 124 Å². The SMILES string of the molecule is Bc1cc2c3ccc4ccc5c(c6c(ccc1n26)C5(c1ccc(C)cc1)c1ccc(C)cc1)n43. The molecule has 0 unspecified atom stereocenters. The van der Waals surface area contributed by atoms with Crippen molar-refractivity contribution >= 4 is 46.4 Å². The average molecular weight is 434 g/mol. The summed E-state index contributed by atoms with van der Waals surface area (Å²) in [5.41, 5.74) is 16.7. The van der Waals surface area contributed by atoms with Crippen molar-refractivity contribution in [2.24, 2.45) is 0 Å². The Morgan fingerprint density at radius 1 is 0.559 bits per heavy atom. The number of aryl methyl sites for hydroxylation is 2. The van der Waals surface area contributed by atoms with Crippen LogP contribution in [0.1, 0.15) is 33.4 Å². The maximum Gasteiger partial charge on any atom is 0.142 e. The van der Waals surface area contributed by atoms with Crippen LogP contribution in [0.25, 0.3) is 33.1 Å². The highest BCUT2D eigenvalue weighted by molar-refractivity contribution is 6.38. The van der Waals surface area contributed by atoms with Crippen LogP contribution in [0.3, 0.4) is 0 Å². The van der Waals surface area contributed by atoms with E-state index in [1.54, 1.807) is 0 Å². The predicted octanol–water partition coefficient (Wildman–Crippen LogP) is 5.51. The molecule has 0 saturated heterocycles. The van der Waals surface area contributed by atoms with Gasteiger partial charge in [0.1, 0.15) is 7.85 Å². The van der Waals surface area contributed by atoms with E-state index < -0.39 is 0 Å². The van der Waals surface area contributed by atoms with Crippen LogP contribution in [-0.4, -0.2) is 16.6 Å². The Morgan fingerprint density at radius 2 is 1.09 bits per heavy atom. The number of nitrogens with zero attached hydrogens (tertiary/aromatic N) is 2. The van der Waals surface area contributed by atoms with Gasteiger partial charge in [-0.15, -0.1) is 0 Å². The van der Waals surface area contributed by atoms with Crippen LogP contribution in [-0.2, 0) is 5.41 Å². The van der Waals surface area contributed by atoms with Crippen LogP contribution >= 0.6 is 0 Å². The van der Waals surface area contributed by atoms with Crippen LogP contribution < -0.4 is 5.46 Å². The summed E-state index contributed by atoms with van der Waals surface area (Å²) in [4.78, 5) is 0. The van der Waals surface area contributed by atoms with Crippen molar-refractivity contribution in [2.75, 3.05) is 0 Å². The summed E-state index contributed by atoms with van der Waals surface area (Å²) in [6, 6.07) is 34.6. The van der Waals surface area contributed by atoms with Gasteiger partial charge < -0.3 is 8.80 Å². The number of pyridine rings is 2. The van der Waals surface area contributed by atoms with Crippen LogP contribution in [0.15, 0.2) is 91.0 Å². The Hall–Kier alpha value is -3.98. The summed E-state index contributed by atoms with van der Waals surface area (Å²) in [6.07, 6.45) is 0. The van der Waals surface area contributed by atoms with E-state index in [0.717, 1.165) is 0 Å². The Morgan fingerprint density at radius 3 is 1.74 bits per heavy atom. The van der Waals surface area contributed by atoms with Gasteiger partial charge in [-0.05, 0) is 66.4 Å². The van der Waals surface area contributed by atoms with Gasteiger partial charge in [0, 0.05) is 11.0 Å². The fraction of sp³-hybridized carbons (Fsp3) is 0.0968. The molecule has 5 heterocycles. The zero-order valence-corrected chi connectivity index (χ0v) is 19.6. The second kappa shape index (κ2) is 5.93. The Balaban J connectivity index is 1.68. The van der Waals surface area contributed by atoms with E-state index in [-0.39, 0.29) is 5.41 Å². The molecule has 0 fully saturated rings. The molecule has 8 rings (SSSR count). The van der Waals surface area contributed by atoms with E-state index in [9.17, 15) is 0 Å². The molecule has 0 aliphatic heterocycles. The average Bonchev–Trinajstić information content (AvgIpc) is 3.51. The minimum absolute atomic E-state index is 0.365. The van der Waals surface area contributed by atoms with Crippen molar-refractivity contribution in [3.63, 3.8) is 0 Å². The highest BCUT2D eigenvalue weighted by Gasteiger charge is 2.46. The number of rotatable bonds is 2. The monoisotopic (exact) mass is 434 g/mol. The quantitative estimate of drug-likeness (QED) is 0.251. The van der Waals surface area contributed by atoms with E-state index in [1.165, 1.54) is 71.9 Å². The molecule has 34 heavy (non-hydrogen) atoms. The highest BCUT2D eigenvalue weighted by atomic mass is 15.0. The number of aromatic nitrogens is 2. The number of hydrogen-bond acceptors (Lipinski definition) is 0. The summed E-state index contributed by atoms with van der Waals surface area (Å²) in [5, 5.41) is 0. The molecule has 0 amide bonds. The first kappa shape index (κ1) is 18.5. The third-order valence-corrected chi connectivity index (χ3v) is 8.20. The second-order valence-electron chi connectivity index (χ2n) is 10.1. The summed E-state index contributed by atoms with van der Waals surface area (Å²) in [7, 11) is 2.23. The first-order valence-corrected chi connectivity index (χ1v) is 12.0. The molecule has 0 bridgehead atoms. The maximum absolute atomic E-state index is 2.52. The molecule has 0 saturated carbocycles. The zero-order valence-electron chi connectivity index (χ0n) is 19.6. The number of fused-ring (bicyclic) bond motifs is 1. The van der Waals surface area contributed by atoms with Gasteiger partial charge in [-0.25, -0.2) is 0 Å². The maximum atomic E-state index is 2.52. The Bertz CT molecular complexity index is 1870. The Kier molecular flexibility index (Phi) is 3.22. The number of benzene rings is 2. The van der Waals surface area contributed by atoms with Gasteiger partial charge in [-0.1, -0.05) is 77.3 Å². The summed E-state index contributed by atoms with van der Waals surface area (Å²) >= 11 is 0. The van der Waals surface area contributed by atoms with E-state index in [4.69, 9.17) is 0 Å². The molecular weight excluding hydrogens is 411 g/mol. The lowest BCUT2D eigenvalue weighted by molar-refractivity contribution is 0.766. The summed E-state index contributed by atoms with van der Waals surface area (Å²) in [5.74, 6) is 0. The van der Waals surface area contributed by atoms with Crippen molar-refractivity contribution in [2.45, 2.75) is 19.3 Å². The van der Waals surface area contributed by atoms with Crippen molar-refractivity contribution in [3.8, 4) is 0 Å².